The lowest BCUT2D eigenvalue weighted by atomic mass is 10.2. The normalized spacial score (nSPS) is 11.6. The Kier molecular flexibility index (Phi) is 2.84. The van der Waals surface area contributed by atoms with Crippen molar-refractivity contribution in [2.24, 2.45) is 0 Å². The van der Waals surface area contributed by atoms with Gasteiger partial charge >= 0.3 is 0 Å². The van der Waals surface area contributed by atoms with E-state index in [9.17, 15) is 0 Å². The second kappa shape index (κ2) is 4.11. The lowest BCUT2D eigenvalue weighted by molar-refractivity contribution is 1.22. The summed E-state index contributed by atoms with van der Waals surface area (Å²) < 4.78 is 0. The average molecular weight is 273 g/mol. The molecule has 0 bridgehead atoms. The number of aromatic amines is 1. The number of rotatable bonds is 2. The average Bonchev–Trinajstić information content (AvgIpc) is 2.60. The van der Waals surface area contributed by atoms with E-state index in [4.69, 9.17) is 11.6 Å². The van der Waals surface area contributed by atoms with Crippen molar-refractivity contribution < 1.29 is 0 Å². The molecule has 0 saturated heterocycles. The molecule has 0 atom stereocenters. The summed E-state index contributed by atoms with van der Waals surface area (Å²) in [4.78, 5) is 11.1. The van der Waals surface area contributed by atoms with Gasteiger partial charge in [0.2, 0.25) is 0 Å². The Labute approximate surface area is 94.3 Å². The van der Waals surface area contributed by atoms with Crippen molar-refractivity contribution in [1.82, 2.24) is 15.0 Å². The summed E-state index contributed by atoms with van der Waals surface area (Å²) in [6.45, 7) is 0. The Bertz CT molecular complexity index is 478. The SMILES string of the molecule is Clc1ncnc2c(C=CCBr)c[nH]c12. The standard InChI is InChI=1S/C9H7BrClN3/c10-3-1-2-6-4-12-8-7(6)13-5-14-9(8)11/h1-2,4-5,12H,3H2. The molecule has 0 unspecified atom stereocenters. The topological polar surface area (TPSA) is 41.6 Å². The van der Waals surface area contributed by atoms with Gasteiger partial charge in [0.1, 0.15) is 17.4 Å². The Balaban J connectivity index is 2.58. The summed E-state index contributed by atoms with van der Waals surface area (Å²) in [6.07, 6.45) is 7.31. The lowest BCUT2D eigenvalue weighted by Crippen LogP contribution is -1.81. The first-order chi connectivity index (χ1) is 6.83. The van der Waals surface area contributed by atoms with Gasteiger partial charge in [-0.2, -0.15) is 0 Å². The van der Waals surface area contributed by atoms with Crippen LogP contribution in [-0.4, -0.2) is 20.3 Å². The number of fused-ring (bicyclic) bond motifs is 1. The number of hydrogen-bond acceptors (Lipinski definition) is 2. The van der Waals surface area contributed by atoms with E-state index in [1.807, 2.05) is 18.3 Å². The van der Waals surface area contributed by atoms with Gasteiger partial charge in [0.25, 0.3) is 0 Å². The zero-order valence-electron chi connectivity index (χ0n) is 7.17. The van der Waals surface area contributed by atoms with Gasteiger partial charge < -0.3 is 4.98 Å². The molecule has 3 nitrogen and oxygen atoms in total. The molecular formula is C9H7BrClN3. The van der Waals surface area contributed by atoms with Crippen molar-refractivity contribution in [3.63, 3.8) is 0 Å². The third-order valence-electron chi connectivity index (χ3n) is 1.83. The largest absolute Gasteiger partial charge is 0.357 e. The van der Waals surface area contributed by atoms with Crippen molar-refractivity contribution in [2.45, 2.75) is 0 Å². The highest BCUT2D eigenvalue weighted by Gasteiger charge is 2.05. The molecule has 2 rings (SSSR count). The zero-order chi connectivity index (χ0) is 9.97. The first kappa shape index (κ1) is 9.68. The minimum atomic E-state index is 0.452. The molecular weight excluding hydrogens is 265 g/mol. The number of nitrogens with zero attached hydrogens (tertiary/aromatic N) is 2. The van der Waals surface area contributed by atoms with E-state index in [0.717, 1.165) is 21.9 Å². The summed E-state index contributed by atoms with van der Waals surface area (Å²) >= 11 is 9.21. The lowest BCUT2D eigenvalue weighted by Gasteiger charge is -1.91. The molecule has 14 heavy (non-hydrogen) atoms. The fourth-order valence-electron chi connectivity index (χ4n) is 1.23. The van der Waals surface area contributed by atoms with Crippen LogP contribution in [0.3, 0.4) is 0 Å². The van der Waals surface area contributed by atoms with Crippen molar-refractivity contribution in [3.8, 4) is 0 Å². The Morgan fingerprint density at radius 3 is 3.14 bits per heavy atom. The third-order valence-corrected chi connectivity index (χ3v) is 2.49. The highest BCUT2D eigenvalue weighted by Crippen LogP contribution is 2.21. The maximum Gasteiger partial charge on any atom is 0.156 e. The molecule has 2 aromatic heterocycles. The number of H-pyrrole nitrogens is 1. The smallest absolute Gasteiger partial charge is 0.156 e. The predicted octanol–water partition coefficient (Wildman–Crippen LogP) is 3.02. The van der Waals surface area contributed by atoms with Gasteiger partial charge in [0, 0.05) is 17.1 Å². The second-order valence-corrected chi connectivity index (χ2v) is 3.69. The molecule has 1 N–H and O–H groups in total. The van der Waals surface area contributed by atoms with Crippen LogP contribution in [0.2, 0.25) is 5.15 Å². The molecule has 0 spiro atoms. The molecule has 5 heteroatoms. The Morgan fingerprint density at radius 2 is 2.36 bits per heavy atom. The molecule has 0 aromatic carbocycles. The molecule has 0 aliphatic carbocycles. The summed E-state index contributed by atoms with van der Waals surface area (Å²) in [5, 5.41) is 1.27. The summed E-state index contributed by atoms with van der Waals surface area (Å²) in [5.74, 6) is 0. The summed E-state index contributed by atoms with van der Waals surface area (Å²) in [6, 6.07) is 0. The van der Waals surface area contributed by atoms with E-state index in [1.165, 1.54) is 6.33 Å². The molecule has 0 aliphatic heterocycles. The van der Waals surface area contributed by atoms with Gasteiger partial charge in [-0.3, -0.25) is 0 Å². The van der Waals surface area contributed by atoms with Crippen LogP contribution in [0.15, 0.2) is 18.6 Å². The fraction of sp³-hybridized carbons (Fsp3) is 0.111. The van der Waals surface area contributed by atoms with Gasteiger partial charge in [-0.25, -0.2) is 9.97 Å². The maximum absolute atomic E-state index is 5.89. The molecule has 0 fully saturated rings. The zero-order valence-corrected chi connectivity index (χ0v) is 9.51. The van der Waals surface area contributed by atoms with Crippen molar-refractivity contribution in [2.75, 3.05) is 5.33 Å². The van der Waals surface area contributed by atoms with Crippen molar-refractivity contribution in [3.05, 3.63) is 29.3 Å². The number of halogens is 2. The maximum atomic E-state index is 5.89. The Morgan fingerprint density at radius 1 is 1.50 bits per heavy atom. The van der Waals surface area contributed by atoms with Crippen LogP contribution < -0.4 is 0 Å². The van der Waals surface area contributed by atoms with E-state index in [2.05, 4.69) is 30.9 Å². The fourth-order valence-corrected chi connectivity index (χ4v) is 1.60. The molecule has 2 aromatic rings. The highest BCUT2D eigenvalue weighted by atomic mass is 79.9. The minimum Gasteiger partial charge on any atom is -0.357 e. The monoisotopic (exact) mass is 271 g/mol. The highest BCUT2D eigenvalue weighted by molar-refractivity contribution is 9.09. The number of nitrogens with one attached hydrogen (secondary N) is 1. The quantitative estimate of drug-likeness (QED) is 0.674. The van der Waals surface area contributed by atoms with Crippen molar-refractivity contribution in [1.29, 1.82) is 0 Å². The molecule has 72 valence electrons. The third kappa shape index (κ3) is 1.67. The van der Waals surface area contributed by atoms with Crippen LogP contribution in [0, 0.1) is 0 Å². The van der Waals surface area contributed by atoms with E-state index >= 15 is 0 Å². The second-order valence-electron chi connectivity index (χ2n) is 2.69. The predicted molar refractivity (Wildman–Crippen MR) is 61.7 cm³/mol. The molecule has 0 saturated carbocycles. The van der Waals surface area contributed by atoms with Crippen molar-refractivity contribution >= 4 is 44.6 Å². The van der Waals surface area contributed by atoms with E-state index in [1.54, 1.807) is 0 Å². The van der Waals surface area contributed by atoms with Gasteiger partial charge in [-0.1, -0.05) is 39.7 Å². The van der Waals surface area contributed by atoms with Gasteiger partial charge in [0.05, 0.1) is 0 Å². The molecule has 0 radical (unpaired) electrons. The molecule has 2 heterocycles. The van der Waals surface area contributed by atoms with Gasteiger partial charge in [0.15, 0.2) is 5.15 Å². The van der Waals surface area contributed by atoms with E-state index in [-0.39, 0.29) is 0 Å². The Hall–Kier alpha value is -0.870. The van der Waals surface area contributed by atoms with E-state index < -0.39 is 0 Å². The number of allylic oxidation sites excluding steroid dienone is 1. The number of alkyl halides is 1. The minimum absolute atomic E-state index is 0.452. The van der Waals surface area contributed by atoms with Crippen LogP contribution in [0.25, 0.3) is 17.1 Å². The summed E-state index contributed by atoms with van der Waals surface area (Å²) in [7, 11) is 0. The van der Waals surface area contributed by atoms with Crippen LogP contribution in [-0.2, 0) is 0 Å². The number of hydrogen-bond donors (Lipinski definition) is 1. The van der Waals surface area contributed by atoms with Crippen LogP contribution in [0.4, 0.5) is 0 Å². The summed E-state index contributed by atoms with van der Waals surface area (Å²) in [5.41, 5.74) is 2.65. The van der Waals surface area contributed by atoms with Gasteiger partial charge in [-0.15, -0.1) is 0 Å². The number of aromatic nitrogens is 3. The van der Waals surface area contributed by atoms with Crippen LogP contribution in [0.1, 0.15) is 5.56 Å². The van der Waals surface area contributed by atoms with Gasteiger partial charge in [-0.05, 0) is 0 Å². The van der Waals surface area contributed by atoms with Crippen LogP contribution >= 0.6 is 27.5 Å². The van der Waals surface area contributed by atoms with E-state index in [0.29, 0.717) is 5.15 Å². The first-order valence-corrected chi connectivity index (χ1v) is 5.53. The van der Waals surface area contributed by atoms with Crippen LogP contribution in [0.5, 0.6) is 0 Å². The molecule has 0 amide bonds. The first-order valence-electron chi connectivity index (χ1n) is 4.03. The molecule has 0 aliphatic rings.